The molecule has 0 aliphatic carbocycles. The Balaban J connectivity index is 1.58. The molecule has 2 aliphatic rings. The highest BCUT2D eigenvalue weighted by Gasteiger charge is 2.37. The van der Waals surface area contributed by atoms with E-state index in [-0.39, 0.29) is 36.1 Å². The van der Waals surface area contributed by atoms with E-state index in [4.69, 9.17) is 9.15 Å². The smallest absolute Gasteiger partial charge is 0.261 e. The first-order chi connectivity index (χ1) is 12.9. The van der Waals surface area contributed by atoms with Crippen molar-refractivity contribution in [2.45, 2.75) is 32.6 Å². The zero-order chi connectivity index (χ0) is 19.1. The number of benzene rings is 1. The van der Waals surface area contributed by atoms with Crippen LogP contribution in [0.5, 0.6) is 0 Å². The molecule has 1 fully saturated rings. The highest BCUT2D eigenvalue weighted by Crippen LogP contribution is 2.26. The van der Waals surface area contributed by atoms with E-state index in [1.165, 1.54) is 12.3 Å². The summed E-state index contributed by atoms with van der Waals surface area (Å²) in [6.45, 7) is 4.91. The molecule has 3 amide bonds. The predicted molar refractivity (Wildman–Crippen MR) is 95.3 cm³/mol. The minimum Gasteiger partial charge on any atom is -0.467 e. The minimum absolute atomic E-state index is 0.0425. The molecule has 2 aliphatic heterocycles. The van der Waals surface area contributed by atoms with Gasteiger partial charge >= 0.3 is 0 Å². The van der Waals surface area contributed by atoms with Crippen LogP contribution in [0.25, 0.3) is 0 Å². The van der Waals surface area contributed by atoms with Gasteiger partial charge in [-0.15, -0.1) is 0 Å². The zero-order valence-electron chi connectivity index (χ0n) is 15.2. The molecule has 0 saturated carbocycles. The number of nitrogens with zero attached hydrogens (tertiary/aromatic N) is 2. The molecule has 2 unspecified atom stereocenters. The fourth-order valence-electron chi connectivity index (χ4n) is 3.65. The van der Waals surface area contributed by atoms with Crippen LogP contribution in [0.2, 0.25) is 0 Å². The lowest BCUT2D eigenvalue weighted by atomic mass is 10.0. The van der Waals surface area contributed by atoms with E-state index >= 15 is 0 Å². The van der Waals surface area contributed by atoms with E-state index in [9.17, 15) is 14.4 Å². The van der Waals surface area contributed by atoms with Gasteiger partial charge in [0.2, 0.25) is 0 Å². The summed E-state index contributed by atoms with van der Waals surface area (Å²) in [5, 5.41) is 0. The Labute approximate surface area is 156 Å². The molecular weight excluding hydrogens is 348 g/mol. The molecule has 0 radical (unpaired) electrons. The van der Waals surface area contributed by atoms with Crippen molar-refractivity contribution in [3.8, 4) is 0 Å². The predicted octanol–water partition coefficient (Wildman–Crippen LogP) is 2.33. The third-order valence-electron chi connectivity index (χ3n) is 4.82. The van der Waals surface area contributed by atoms with Crippen LogP contribution in [-0.4, -0.2) is 52.8 Å². The average Bonchev–Trinajstić information content (AvgIpc) is 3.23. The third kappa shape index (κ3) is 3.14. The van der Waals surface area contributed by atoms with Gasteiger partial charge in [0.25, 0.3) is 17.7 Å². The number of amides is 3. The summed E-state index contributed by atoms with van der Waals surface area (Å²) in [6.07, 6.45) is 1.41. The number of imide groups is 1. The van der Waals surface area contributed by atoms with Gasteiger partial charge in [-0.1, -0.05) is 0 Å². The van der Waals surface area contributed by atoms with Crippen molar-refractivity contribution in [1.29, 1.82) is 0 Å². The fourth-order valence-corrected chi connectivity index (χ4v) is 3.65. The summed E-state index contributed by atoms with van der Waals surface area (Å²) in [5.74, 6) is -0.426. The number of hydrogen-bond donors (Lipinski definition) is 0. The molecule has 0 bridgehead atoms. The van der Waals surface area contributed by atoms with E-state index in [1.54, 1.807) is 29.2 Å². The van der Waals surface area contributed by atoms with Gasteiger partial charge in [0.1, 0.15) is 5.76 Å². The number of carbonyl (C=O) groups is 3. The molecule has 2 atom stereocenters. The number of hydrogen-bond acceptors (Lipinski definition) is 5. The maximum atomic E-state index is 12.9. The largest absolute Gasteiger partial charge is 0.467 e. The standard InChI is InChI=1S/C20H20N2O5/c1-12-9-21(10-13(2)27-12)18(23)14-5-6-16-17(8-14)20(25)22(19(16)24)11-15-4-3-7-26-15/h3-8,12-13H,9-11H2,1-2H3. The van der Waals surface area contributed by atoms with Gasteiger partial charge in [-0.2, -0.15) is 0 Å². The number of ether oxygens (including phenoxy) is 1. The van der Waals surface area contributed by atoms with Crippen molar-refractivity contribution in [2.24, 2.45) is 0 Å². The Morgan fingerprint density at radius 3 is 2.44 bits per heavy atom. The van der Waals surface area contributed by atoms with Crippen LogP contribution in [0.3, 0.4) is 0 Å². The lowest BCUT2D eigenvalue weighted by Gasteiger charge is -2.35. The maximum absolute atomic E-state index is 12.9. The topological polar surface area (TPSA) is 80.1 Å². The van der Waals surface area contributed by atoms with Gasteiger partial charge < -0.3 is 14.1 Å². The summed E-state index contributed by atoms with van der Waals surface area (Å²) < 4.78 is 10.9. The summed E-state index contributed by atoms with van der Waals surface area (Å²) in [4.78, 5) is 41.0. The van der Waals surface area contributed by atoms with Crippen molar-refractivity contribution in [3.05, 3.63) is 59.0 Å². The van der Waals surface area contributed by atoms with Crippen LogP contribution in [0.4, 0.5) is 0 Å². The highest BCUT2D eigenvalue weighted by molar-refractivity contribution is 6.22. The average molecular weight is 368 g/mol. The monoisotopic (exact) mass is 368 g/mol. The molecule has 3 heterocycles. The van der Waals surface area contributed by atoms with Gasteiger partial charge in [-0.25, -0.2) is 0 Å². The number of rotatable bonds is 3. The first-order valence-electron chi connectivity index (χ1n) is 8.91. The van der Waals surface area contributed by atoms with Crippen molar-refractivity contribution in [3.63, 3.8) is 0 Å². The van der Waals surface area contributed by atoms with Gasteiger partial charge in [0.05, 0.1) is 36.1 Å². The molecule has 2 aromatic rings. The zero-order valence-corrected chi connectivity index (χ0v) is 15.2. The third-order valence-corrected chi connectivity index (χ3v) is 4.82. The second-order valence-corrected chi connectivity index (χ2v) is 7.00. The Bertz CT molecular complexity index is 895. The van der Waals surface area contributed by atoms with Gasteiger partial charge in [-0.3, -0.25) is 19.3 Å². The fraction of sp³-hybridized carbons (Fsp3) is 0.350. The molecule has 4 rings (SSSR count). The normalized spacial score (nSPS) is 22.3. The van der Waals surface area contributed by atoms with E-state index in [0.29, 0.717) is 30.0 Å². The van der Waals surface area contributed by atoms with E-state index in [2.05, 4.69) is 0 Å². The number of morpholine rings is 1. The van der Waals surface area contributed by atoms with Crippen molar-refractivity contribution in [1.82, 2.24) is 9.80 Å². The second-order valence-electron chi connectivity index (χ2n) is 7.00. The van der Waals surface area contributed by atoms with Crippen molar-refractivity contribution < 1.29 is 23.5 Å². The summed E-state index contributed by atoms with van der Waals surface area (Å²) in [5.41, 5.74) is 0.967. The van der Waals surface area contributed by atoms with E-state index in [0.717, 1.165) is 4.90 Å². The Morgan fingerprint density at radius 2 is 1.78 bits per heavy atom. The van der Waals surface area contributed by atoms with Crippen molar-refractivity contribution >= 4 is 17.7 Å². The molecular formula is C20H20N2O5. The van der Waals surface area contributed by atoms with E-state index < -0.39 is 5.91 Å². The molecule has 140 valence electrons. The molecule has 1 saturated heterocycles. The second kappa shape index (κ2) is 6.66. The van der Waals surface area contributed by atoms with Crippen LogP contribution in [0, 0.1) is 0 Å². The molecule has 0 N–H and O–H groups in total. The number of furan rings is 1. The summed E-state index contributed by atoms with van der Waals surface area (Å²) in [7, 11) is 0. The first-order valence-corrected chi connectivity index (χ1v) is 8.91. The lowest BCUT2D eigenvalue weighted by Crippen LogP contribution is -2.48. The Hall–Kier alpha value is -2.93. The van der Waals surface area contributed by atoms with E-state index in [1.807, 2.05) is 13.8 Å². The Morgan fingerprint density at radius 1 is 1.07 bits per heavy atom. The summed E-state index contributed by atoms with van der Waals surface area (Å²) >= 11 is 0. The summed E-state index contributed by atoms with van der Waals surface area (Å²) in [6, 6.07) is 8.09. The van der Waals surface area contributed by atoms with Crippen LogP contribution < -0.4 is 0 Å². The van der Waals surface area contributed by atoms with Crippen LogP contribution >= 0.6 is 0 Å². The highest BCUT2D eigenvalue weighted by atomic mass is 16.5. The van der Waals surface area contributed by atoms with Crippen molar-refractivity contribution in [2.75, 3.05) is 13.1 Å². The number of fused-ring (bicyclic) bond motifs is 1. The molecule has 1 aromatic carbocycles. The van der Waals surface area contributed by atoms with Crippen LogP contribution in [0.15, 0.2) is 41.0 Å². The molecule has 0 spiro atoms. The van der Waals surface area contributed by atoms with Gasteiger partial charge in [0, 0.05) is 18.7 Å². The molecule has 27 heavy (non-hydrogen) atoms. The van der Waals surface area contributed by atoms with Gasteiger partial charge in [0.15, 0.2) is 0 Å². The molecule has 1 aromatic heterocycles. The van der Waals surface area contributed by atoms with Gasteiger partial charge in [-0.05, 0) is 44.2 Å². The van der Waals surface area contributed by atoms with Crippen LogP contribution in [0.1, 0.15) is 50.7 Å². The maximum Gasteiger partial charge on any atom is 0.261 e. The molecule has 7 nitrogen and oxygen atoms in total. The Kier molecular flexibility index (Phi) is 4.31. The number of carbonyl (C=O) groups excluding carboxylic acids is 3. The van der Waals surface area contributed by atoms with Crippen LogP contribution in [-0.2, 0) is 11.3 Å². The lowest BCUT2D eigenvalue weighted by molar-refractivity contribution is -0.0586. The SMILES string of the molecule is CC1CN(C(=O)c2ccc3c(c2)C(=O)N(Cc2ccco2)C3=O)CC(C)O1. The first kappa shape index (κ1) is 17.5. The molecule has 7 heteroatoms. The minimum atomic E-state index is -0.412. The quantitative estimate of drug-likeness (QED) is 0.777.